The van der Waals surface area contributed by atoms with Crippen molar-refractivity contribution >= 4 is 61.0 Å². The van der Waals surface area contributed by atoms with Crippen LogP contribution in [-0.2, 0) is 19.4 Å². The normalized spacial score (nSPS) is 16.5. The molecule has 0 spiro atoms. The zero-order valence-corrected chi connectivity index (χ0v) is 23.7. The molecule has 1 saturated heterocycles. The number of hydrogen-bond acceptors (Lipinski definition) is 11. The van der Waals surface area contributed by atoms with Crippen molar-refractivity contribution in [3.8, 4) is 11.5 Å². The number of aliphatic hydroxyl groups excluding tert-OH is 1. The van der Waals surface area contributed by atoms with Gasteiger partial charge in [-0.25, -0.2) is 13.4 Å². The maximum absolute atomic E-state index is 13.4. The lowest BCUT2D eigenvalue weighted by Gasteiger charge is -2.23. The highest BCUT2D eigenvalue weighted by molar-refractivity contribution is 7.93. The quantitative estimate of drug-likeness (QED) is 0.0943. The minimum absolute atomic E-state index is 0.0187. The summed E-state index contributed by atoms with van der Waals surface area (Å²) in [6.45, 7) is 0. The molecule has 2 heterocycles. The van der Waals surface area contributed by atoms with Gasteiger partial charge in [0, 0.05) is 22.7 Å². The van der Waals surface area contributed by atoms with Crippen LogP contribution in [0.25, 0.3) is 5.76 Å². The Morgan fingerprint density at radius 1 is 1.10 bits per heavy atom. The van der Waals surface area contributed by atoms with Crippen LogP contribution in [0, 0.1) is 10.1 Å². The molecule has 1 aliphatic heterocycles. The van der Waals surface area contributed by atoms with Gasteiger partial charge < -0.3 is 14.9 Å². The van der Waals surface area contributed by atoms with E-state index >= 15 is 0 Å². The third-order valence-corrected chi connectivity index (χ3v) is 9.86. The molecular weight excluding hydrogens is 610 g/mol. The number of phenols is 1. The largest absolute Gasteiger partial charge is 0.507 e. The first kappa shape index (κ1) is 28.7. The molecule has 3 aromatic carbocycles. The van der Waals surface area contributed by atoms with E-state index in [-0.39, 0.29) is 48.1 Å². The number of anilines is 1. The van der Waals surface area contributed by atoms with Crippen LogP contribution < -0.4 is 9.64 Å². The first-order chi connectivity index (χ1) is 19.9. The number of amides is 1. The Kier molecular flexibility index (Phi) is 7.45. The van der Waals surface area contributed by atoms with E-state index in [9.17, 15) is 38.3 Å². The number of aromatic hydroxyl groups is 1. The summed E-state index contributed by atoms with van der Waals surface area (Å²) in [5.41, 5.74) is -0.180. The van der Waals surface area contributed by atoms with E-state index in [2.05, 4.69) is 4.98 Å². The summed E-state index contributed by atoms with van der Waals surface area (Å²) in [5.74, 6) is -2.86. The van der Waals surface area contributed by atoms with E-state index in [4.69, 9.17) is 16.3 Å². The number of carbonyl (C=O) groups excluding carboxylic acids is 2. The summed E-state index contributed by atoms with van der Waals surface area (Å²) < 4.78 is 31.4. The molecule has 1 atom stereocenters. The number of thiazole rings is 1. The number of nitrogens with zero attached hydrogens (tertiary/aromatic N) is 3. The van der Waals surface area contributed by atoms with Gasteiger partial charge in [0.15, 0.2) is 16.6 Å². The predicted octanol–water partition coefficient (Wildman–Crippen LogP) is 4.88. The maximum atomic E-state index is 13.4. The number of benzene rings is 3. The molecule has 0 unspecified atom stereocenters. The second-order valence-corrected chi connectivity index (χ2v) is 12.4. The van der Waals surface area contributed by atoms with E-state index in [0.717, 1.165) is 35.4 Å². The van der Waals surface area contributed by atoms with E-state index in [0.29, 0.717) is 16.4 Å². The van der Waals surface area contributed by atoms with Gasteiger partial charge in [0.25, 0.3) is 11.5 Å². The first-order valence-corrected chi connectivity index (χ1v) is 14.5. The second-order valence-electron chi connectivity index (χ2n) is 8.82. The number of halogens is 1. The molecule has 1 aliphatic rings. The zero-order chi connectivity index (χ0) is 30.3. The monoisotopic (exact) mass is 627 g/mol. The minimum atomic E-state index is -4.21. The first-order valence-electron chi connectivity index (χ1n) is 11.8. The van der Waals surface area contributed by atoms with Gasteiger partial charge in [-0.05, 0) is 54.1 Å². The molecule has 1 aromatic heterocycles. The minimum Gasteiger partial charge on any atom is -0.507 e. The van der Waals surface area contributed by atoms with E-state index < -0.39 is 38.3 Å². The number of sulfone groups is 1. The molecule has 0 saturated carbocycles. The molecule has 0 radical (unpaired) electrons. The molecule has 4 aromatic rings. The number of ether oxygens (including phenoxy) is 1. The average molecular weight is 628 g/mol. The number of aromatic nitrogens is 1. The third kappa shape index (κ3) is 4.95. The summed E-state index contributed by atoms with van der Waals surface area (Å²) in [6, 6.07) is 12.9. The van der Waals surface area contributed by atoms with Crippen LogP contribution in [0.1, 0.15) is 17.2 Å². The Bertz CT molecular complexity index is 1890. The fourth-order valence-corrected chi connectivity index (χ4v) is 6.99. The van der Waals surface area contributed by atoms with Crippen LogP contribution >= 0.6 is 22.9 Å². The number of methoxy groups -OCH3 is 1. The number of non-ortho nitro benzene ring substituents is 1. The summed E-state index contributed by atoms with van der Waals surface area (Å²) >= 11 is 6.55. The highest BCUT2D eigenvalue weighted by atomic mass is 35.5. The Morgan fingerprint density at radius 2 is 1.76 bits per heavy atom. The molecule has 42 heavy (non-hydrogen) atoms. The van der Waals surface area contributed by atoms with Crippen LogP contribution in [0.4, 0.5) is 10.8 Å². The number of rotatable bonds is 7. The molecule has 5 rings (SSSR count). The number of Topliss-reactive ketones (excluding diaryl/α,β-unsaturated/α-hetero) is 1. The number of nitro benzene ring substituents is 1. The molecule has 0 bridgehead atoms. The molecule has 0 aliphatic carbocycles. The van der Waals surface area contributed by atoms with Gasteiger partial charge in [-0.3, -0.25) is 24.6 Å². The Labute approximate surface area is 246 Å². The number of phenolic OH excluding ortho intramolecular Hbond substituents is 1. The van der Waals surface area contributed by atoms with Crippen molar-refractivity contribution in [1.82, 2.24) is 4.98 Å². The van der Waals surface area contributed by atoms with Crippen LogP contribution in [0.5, 0.6) is 11.5 Å². The van der Waals surface area contributed by atoms with Crippen molar-refractivity contribution < 1.29 is 37.9 Å². The van der Waals surface area contributed by atoms with Gasteiger partial charge in [0.1, 0.15) is 9.97 Å². The second kappa shape index (κ2) is 10.9. The van der Waals surface area contributed by atoms with Gasteiger partial charge in [-0.2, -0.15) is 0 Å². The lowest BCUT2D eigenvalue weighted by atomic mass is 9.95. The van der Waals surface area contributed by atoms with Crippen molar-refractivity contribution in [3.05, 3.63) is 105 Å². The molecule has 12 nitrogen and oxygen atoms in total. The smallest absolute Gasteiger partial charge is 0.301 e. The van der Waals surface area contributed by atoms with Crippen LogP contribution in [0.2, 0.25) is 5.02 Å². The van der Waals surface area contributed by atoms with Crippen molar-refractivity contribution in [3.63, 3.8) is 0 Å². The van der Waals surface area contributed by atoms with E-state index in [1.165, 1.54) is 49.6 Å². The van der Waals surface area contributed by atoms with Crippen LogP contribution in [-0.4, -0.2) is 47.3 Å². The highest BCUT2D eigenvalue weighted by Gasteiger charge is 2.48. The zero-order valence-electron chi connectivity index (χ0n) is 21.3. The standard InChI is InChI=1S/C27H18ClN3O9S2/c1-40-20-12-15(4-11-19(20)32)23-22(24(33)14-2-5-16(28)6-3-14)25(34)26(35)30(23)27-29-13-21(41-27)42(38,39)18-9-7-17(8-10-18)31(36)37/h2-13,23,32-33H,1H3/t23-/m0/s1. The van der Waals surface area contributed by atoms with Gasteiger partial charge in [-0.1, -0.05) is 29.0 Å². The number of ketones is 1. The van der Waals surface area contributed by atoms with Gasteiger partial charge in [-0.15, -0.1) is 0 Å². The molecular formula is C27H18ClN3O9S2. The SMILES string of the molecule is COc1cc([C@H]2C(=C(O)c3ccc(Cl)cc3)C(=O)C(=O)N2c2ncc(S(=O)(=O)c3ccc([N+](=O)[O-])cc3)s2)ccc1O. The predicted molar refractivity (Wildman–Crippen MR) is 152 cm³/mol. The number of aliphatic hydroxyl groups is 1. The van der Waals surface area contributed by atoms with E-state index in [1.807, 2.05) is 0 Å². The summed E-state index contributed by atoms with van der Waals surface area (Å²) in [5, 5.41) is 32.5. The summed E-state index contributed by atoms with van der Waals surface area (Å²) in [4.78, 5) is 41.9. The van der Waals surface area contributed by atoms with Crippen molar-refractivity contribution in [1.29, 1.82) is 0 Å². The van der Waals surface area contributed by atoms with Crippen molar-refractivity contribution in [2.45, 2.75) is 15.1 Å². The molecule has 15 heteroatoms. The van der Waals surface area contributed by atoms with E-state index in [1.54, 1.807) is 0 Å². The number of hydrogen-bond donors (Lipinski definition) is 2. The summed E-state index contributed by atoms with van der Waals surface area (Å²) in [7, 11) is -2.91. The Hall–Kier alpha value is -4.79. The van der Waals surface area contributed by atoms with Crippen LogP contribution in [0.3, 0.4) is 0 Å². The third-order valence-electron chi connectivity index (χ3n) is 6.38. The van der Waals surface area contributed by atoms with Gasteiger partial charge in [0.2, 0.25) is 9.84 Å². The Balaban J connectivity index is 1.65. The number of carbonyl (C=O) groups is 2. The maximum Gasteiger partial charge on any atom is 0.301 e. The van der Waals surface area contributed by atoms with Crippen molar-refractivity contribution in [2.75, 3.05) is 12.0 Å². The molecule has 214 valence electrons. The lowest BCUT2D eigenvalue weighted by molar-refractivity contribution is -0.384. The van der Waals surface area contributed by atoms with Crippen molar-refractivity contribution in [2.24, 2.45) is 0 Å². The molecule has 1 amide bonds. The molecule has 2 N–H and O–H groups in total. The topological polar surface area (TPSA) is 177 Å². The highest BCUT2D eigenvalue weighted by Crippen LogP contribution is 2.45. The fraction of sp³-hybridized carbons (Fsp3) is 0.0741. The summed E-state index contributed by atoms with van der Waals surface area (Å²) in [6.07, 6.45) is 1.00. The van der Waals surface area contributed by atoms with Gasteiger partial charge >= 0.3 is 5.91 Å². The lowest BCUT2D eigenvalue weighted by Crippen LogP contribution is -2.29. The van der Waals surface area contributed by atoms with Crippen LogP contribution in [0.15, 0.2) is 87.6 Å². The number of nitro groups is 1. The Morgan fingerprint density at radius 3 is 2.38 bits per heavy atom. The fourth-order valence-electron chi connectivity index (χ4n) is 4.32. The van der Waals surface area contributed by atoms with Gasteiger partial charge in [0.05, 0.1) is 34.7 Å². The average Bonchev–Trinajstić information content (AvgIpc) is 3.57. The molecule has 1 fully saturated rings.